The Hall–Kier alpha value is -1.04. The monoisotopic (exact) mass is 208 g/mol. The number of hydrogen-bond donors (Lipinski definition) is 0. The Labute approximate surface area is 89.7 Å². The van der Waals surface area contributed by atoms with Crippen LogP contribution in [0.15, 0.2) is 24.3 Å². The van der Waals surface area contributed by atoms with Crippen molar-refractivity contribution in [2.45, 2.75) is 12.5 Å². The van der Waals surface area contributed by atoms with Crippen molar-refractivity contribution >= 4 is 11.6 Å². The first-order valence-corrected chi connectivity index (χ1v) is 4.82. The van der Waals surface area contributed by atoms with Crippen molar-refractivity contribution in [2.75, 3.05) is 14.1 Å². The van der Waals surface area contributed by atoms with Crippen molar-refractivity contribution in [2.24, 2.45) is 0 Å². The van der Waals surface area contributed by atoms with E-state index in [0.29, 0.717) is 6.42 Å². The second kappa shape index (κ2) is 4.99. The molecule has 3 heteroatoms. The van der Waals surface area contributed by atoms with Crippen molar-refractivity contribution in [3.8, 4) is 6.07 Å². The summed E-state index contributed by atoms with van der Waals surface area (Å²) < 4.78 is 0. The maximum atomic E-state index is 8.90. The molecule has 1 aromatic rings. The van der Waals surface area contributed by atoms with E-state index in [0.717, 1.165) is 10.6 Å². The molecule has 0 aromatic heterocycles. The standard InChI is InChI=1S/C11H13ClN2/c1-14(2)11(8-13)7-9-4-3-5-10(12)6-9/h3-6,11H,7H2,1-2H3. The quantitative estimate of drug-likeness (QED) is 0.763. The zero-order chi connectivity index (χ0) is 10.6. The summed E-state index contributed by atoms with van der Waals surface area (Å²) in [6.07, 6.45) is 0.712. The lowest BCUT2D eigenvalue weighted by molar-refractivity contribution is 0.348. The normalized spacial score (nSPS) is 12.5. The van der Waals surface area contributed by atoms with Crippen LogP contribution in [0.3, 0.4) is 0 Å². The van der Waals surface area contributed by atoms with Gasteiger partial charge in [0.1, 0.15) is 6.04 Å². The molecule has 0 N–H and O–H groups in total. The molecular weight excluding hydrogens is 196 g/mol. The number of nitrogens with zero attached hydrogens (tertiary/aromatic N) is 2. The van der Waals surface area contributed by atoms with Crippen molar-refractivity contribution in [1.29, 1.82) is 5.26 Å². The number of halogens is 1. The minimum Gasteiger partial charge on any atom is -0.294 e. The molecule has 2 nitrogen and oxygen atoms in total. The van der Waals surface area contributed by atoms with Gasteiger partial charge >= 0.3 is 0 Å². The zero-order valence-electron chi connectivity index (χ0n) is 8.37. The van der Waals surface area contributed by atoms with Crippen LogP contribution in [-0.2, 0) is 6.42 Å². The molecule has 1 rings (SSSR count). The zero-order valence-corrected chi connectivity index (χ0v) is 9.12. The summed E-state index contributed by atoms with van der Waals surface area (Å²) in [6, 6.07) is 9.79. The molecule has 0 heterocycles. The van der Waals surface area contributed by atoms with Crippen LogP contribution in [-0.4, -0.2) is 25.0 Å². The Morgan fingerprint density at radius 2 is 2.21 bits per heavy atom. The van der Waals surface area contributed by atoms with Gasteiger partial charge in [-0.2, -0.15) is 5.26 Å². The topological polar surface area (TPSA) is 27.0 Å². The molecule has 0 amide bonds. The first-order chi connectivity index (χ1) is 6.63. The molecule has 1 unspecified atom stereocenters. The van der Waals surface area contributed by atoms with Gasteiger partial charge in [-0.25, -0.2) is 0 Å². The molecule has 0 aliphatic carbocycles. The number of likely N-dealkylation sites (N-methyl/N-ethyl adjacent to an activating group) is 1. The largest absolute Gasteiger partial charge is 0.294 e. The Kier molecular flexibility index (Phi) is 3.94. The average Bonchev–Trinajstić information content (AvgIpc) is 2.14. The van der Waals surface area contributed by atoms with E-state index < -0.39 is 0 Å². The fourth-order valence-electron chi connectivity index (χ4n) is 1.23. The molecule has 1 aromatic carbocycles. The highest BCUT2D eigenvalue weighted by Gasteiger charge is 2.10. The predicted molar refractivity (Wildman–Crippen MR) is 58.2 cm³/mol. The molecule has 1 atom stereocenters. The minimum absolute atomic E-state index is 0.0894. The molecule has 0 saturated carbocycles. The van der Waals surface area contributed by atoms with Gasteiger partial charge in [-0.1, -0.05) is 23.7 Å². The molecule has 0 bridgehead atoms. The van der Waals surface area contributed by atoms with E-state index in [2.05, 4.69) is 6.07 Å². The van der Waals surface area contributed by atoms with Gasteiger partial charge < -0.3 is 0 Å². The fraction of sp³-hybridized carbons (Fsp3) is 0.364. The predicted octanol–water partition coefficient (Wildman–Crippen LogP) is 2.34. The van der Waals surface area contributed by atoms with Gasteiger partial charge in [-0.15, -0.1) is 0 Å². The van der Waals surface area contributed by atoms with Crippen LogP contribution in [0.1, 0.15) is 5.56 Å². The summed E-state index contributed by atoms with van der Waals surface area (Å²) in [4.78, 5) is 1.90. The van der Waals surface area contributed by atoms with Crippen molar-refractivity contribution in [1.82, 2.24) is 4.90 Å². The van der Waals surface area contributed by atoms with Crippen LogP contribution < -0.4 is 0 Å². The fourth-order valence-corrected chi connectivity index (χ4v) is 1.44. The van der Waals surface area contributed by atoms with E-state index in [4.69, 9.17) is 16.9 Å². The van der Waals surface area contributed by atoms with Gasteiger partial charge in [0.25, 0.3) is 0 Å². The number of rotatable bonds is 3. The Bertz CT molecular complexity index is 341. The summed E-state index contributed by atoms with van der Waals surface area (Å²) >= 11 is 5.85. The van der Waals surface area contributed by atoms with Crippen LogP contribution in [0.4, 0.5) is 0 Å². The minimum atomic E-state index is -0.0894. The molecule has 14 heavy (non-hydrogen) atoms. The van der Waals surface area contributed by atoms with E-state index in [1.165, 1.54) is 0 Å². The number of hydrogen-bond acceptors (Lipinski definition) is 2. The second-order valence-corrected chi connectivity index (χ2v) is 3.88. The molecule has 74 valence electrons. The molecule has 0 radical (unpaired) electrons. The third kappa shape index (κ3) is 3.02. The maximum Gasteiger partial charge on any atom is 0.101 e. The van der Waals surface area contributed by atoms with Gasteiger partial charge in [0.2, 0.25) is 0 Å². The van der Waals surface area contributed by atoms with Gasteiger partial charge in [0, 0.05) is 11.4 Å². The smallest absolute Gasteiger partial charge is 0.101 e. The van der Waals surface area contributed by atoms with Crippen LogP contribution in [0.2, 0.25) is 5.02 Å². The van der Waals surface area contributed by atoms with Crippen LogP contribution in [0, 0.1) is 11.3 Å². The second-order valence-electron chi connectivity index (χ2n) is 3.44. The van der Waals surface area contributed by atoms with Crippen LogP contribution in [0.25, 0.3) is 0 Å². The Morgan fingerprint density at radius 3 is 2.71 bits per heavy atom. The van der Waals surface area contributed by atoms with E-state index >= 15 is 0 Å². The molecule has 0 aliphatic rings. The lowest BCUT2D eigenvalue weighted by Gasteiger charge is -2.16. The summed E-state index contributed by atoms with van der Waals surface area (Å²) in [6.45, 7) is 0. The Morgan fingerprint density at radius 1 is 1.50 bits per heavy atom. The number of nitriles is 1. The highest BCUT2D eigenvalue weighted by Crippen LogP contribution is 2.13. The molecule has 0 spiro atoms. The SMILES string of the molecule is CN(C)C(C#N)Cc1cccc(Cl)c1. The summed E-state index contributed by atoms with van der Waals surface area (Å²) in [5.41, 5.74) is 1.10. The van der Waals surface area contributed by atoms with Gasteiger partial charge in [0.05, 0.1) is 6.07 Å². The van der Waals surface area contributed by atoms with Gasteiger partial charge in [-0.05, 0) is 31.8 Å². The maximum absolute atomic E-state index is 8.90. The van der Waals surface area contributed by atoms with E-state index in [-0.39, 0.29) is 6.04 Å². The molecular formula is C11H13ClN2. The van der Waals surface area contributed by atoms with Crippen molar-refractivity contribution in [3.05, 3.63) is 34.9 Å². The highest BCUT2D eigenvalue weighted by molar-refractivity contribution is 6.30. The lowest BCUT2D eigenvalue weighted by Crippen LogP contribution is -2.28. The van der Waals surface area contributed by atoms with Gasteiger partial charge in [-0.3, -0.25) is 4.90 Å². The van der Waals surface area contributed by atoms with Crippen molar-refractivity contribution in [3.63, 3.8) is 0 Å². The summed E-state index contributed by atoms with van der Waals surface area (Å²) in [5.74, 6) is 0. The Balaban J connectivity index is 2.73. The third-order valence-electron chi connectivity index (χ3n) is 2.09. The molecule has 0 aliphatic heterocycles. The first-order valence-electron chi connectivity index (χ1n) is 4.44. The van der Waals surface area contributed by atoms with Crippen molar-refractivity contribution < 1.29 is 0 Å². The van der Waals surface area contributed by atoms with E-state index in [1.54, 1.807) is 0 Å². The van der Waals surface area contributed by atoms with E-state index in [9.17, 15) is 0 Å². The summed E-state index contributed by atoms with van der Waals surface area (Å²) in [7, 11) is 3.80. The lowest BCUT2D eigenvalue weighted by atomic mass is 10.1. The van der Waals surface area contributed by atoms with Crippen LogP contribution >= 0.6 is 11.6 Å². The van der Waals surface area contributed by atoms with Crippen LogP contribution in [0.5, 0.6) is 0 Å². The summed E-state index contributed by atoms with van der Waals surface area (Å²) in [5, 5.41) is 9.62. The first kappa shape index (κ1) is 11.0. The molecule has 0 fully saturated rings. The number of benzene rings is 1. The third-order valence-corrected chi connectivity index (χ3v) is 2.33. The average molecular weight is 209 g/mol. The molecule has 0 saturated heterocycles. The van der Waals surface area contributed by atoms with Gasteiger partial charge in [0.15, 0.2) is 0 Å². The van der Waals surface area contributed by atoms with E-state index in [1.807, 2.05) is 43.3 Å². The highest BCUT2D eigenvalue weighted by atomic mass is 35.5.